The monoisotopic (exact) mass is 499 g/mol. The van der Waals surface area contributed by atoms with E-state index in [0.717, 1.165) is 22.8 Å². The number of hydrogen-bond donors (Lipinski definition) is 2. The highest BCUT2D eigenvalue weighted by Crippen LogP contribution is 2.32. The molecular weight excluding hydrogens is 464 g/mol. The second-order valence-corrected chi connectivity index (χ2v) is 9.60. The van der Waals surface area contributed by atoms with Crippen LogP contribution in [0, 0.1) is 5.92 Å². The molecule has 5 aromatic rings. The quantitative estimate of drug-likeness (QED) is 0.316. The van der Waals surface area contributed by atoms with Crippen LogP contribution < -0.4 is 10.6 Å². The van der Waals surface area contributed by atoms with Crippen LogP contribution >= 0.6 is 0 Å². The summed E-state index contributed by atoms with van der Waals surface area (Å²) in [5, 5.41) is 12.5. The lowest BCUT2D eigenvalue weighted by atomic mass is 10.1. The number of aromatic nitrogens is 5. The summed E-state index contributed by atoms with van der Waals surface area (Å²) in [4.78, 5) is 23.8. The number of rotatable bonds is 8. The number of nitrogens with one attached hydrogen (secondary N) is 2. The zero-order valence-corrected chi connectivity index (χ0v) is 21.4. The number of carbonyl (C=O) groups excluding carboxylic acids is 1. The van der Waals surface area contributed by atoms with Gasteiger partial charge in [0.15, 0.2) is 0 Å². The number of anilines is 3. The van der Waals surface area contributed by atoms with Crippen LogP contribution in [0.15, 0.2) is 61.1 Å². The van der Waals surface area contributed by atoms with Crippen LogP contribution in [0.25, 0.3) is 33.1 Å². The maximum Gasteiger partial charge on any atom is 0.227 e. The molecule has 1 amide bonds. The van der Waals surface area contributed by atoms with Crippen molar-refractivity contribution >= 4 is 45.0 Å². The third-order valence-corrected chi connectivity index (χ3v) is 6.17. The van der Waals surface area contributed by atoms with Crippen molar-refractivity contribution in [3.05, 3.63) is 61.1 Å². The van der Waals surface area contributed by atoms with E-state index in [-0.39, 0.29) is 11.8 Å². The van der Waals surface area contributed by atoms with Gasteiger partial charge in [0.25, 0.3) is 0 Å². The van der Waals surface area contributed by atoms with E-state index in [9.17, 15) is 4.79 Å². The van der Waals surface area contributed by atoms with Gasteiger partial charge in [-0.1, -0.05) is 32.0 Å². The van der Waals surface area contributed by atoms with Crippen molar-refractivity contribution in [2.45, 2.75) is 20.4 Å². The molecule has 0 saturated carbocycles. The molecule has 9 heteroatoms. The van der Waals surface area contributed by atoms with Crippen molar-refractivity contribution in [2.24, 2.45) is 12.9 Å². The molecule has 0 aliphatic rings. The standard InChI is InChI=1S/C28H32N8O/c1-18(2)27(37)32-24-15-20(14-19-16-30-36(26(19)24)13-12-34(3)4)31-28-29-11-10-23(33-28)22-17-35(5)25-9-7-6-8-21(22)25/h6-11,14-18H,12-13H2,1-5H3,(H,32,37)(H,29,31,33)/i5D3. The Balaban J connectivity index is 1.52. The molecule has 0 radical (unpaired) electrons. The van der Waals surface area contributed by atoms with Crippen LogP contribution in [0.4, 0.5) is 17.3 Å². The van der Waals surface area contributed by atoms with Gasteiger partial charge in [-0.2, -0.15) is 5.10 Å². The summed E-state index contributed by atoms with van der Waals surface area (Å²) >= 11 is 0. The predicted octanol–water partition coefficient (Wildman–Crippen LogP) is 4.88. The molecule has 3 aromatic heterocycles. The van der Waals surface area contributed by atoms with E-state index in [4.69, 9.17) is 9.10 Å². The van der Waals surface area contributed by atoms with Gasteiger partial charge in [0.05, 0.1) is 29.6 Å². The van der Waals surface area contributed by atoms with Crippen LogP contribution in [0.5, 0.6) is 0 Å². The maximum atomic E-state index is 12.7. The van der Waals surface area contributed by atoms with E-state index in [1.807, 2.05) is 63.0 Å². The van der Waals surface area contributed by atoms with Crippen LogP contribution in [0.3, 0.4) is 0 Å². The highest BCUT2D eigenvalue weighted by molar-refractivity contribution is 6.03. The van der Waals surface area contributed by atoms with E-state index < -0.39 is 6.98 Å². The van der Waals surface area contributed by atoms with Crippen LogP contribution in [0.2, 0.25) is 0 Å². The van der Waals surface area contributed by atoms with Crippen molar-refractivity contribution in [3.63, 3.8) is 0 Å². The van der Waals surface area contributed by atoms with Gasteiger partial charge in [0.2, 0.25) is 11.9 Å². The lowest BCUT2D eigenvalue weighted by Crippen LogP contribution is -2.21. The number of para-hydroxylation sites is 1. The molecule has 0 unspecified atom stereocenters. The van der Waals surface area contributed by atoms with Crippen molar-refractivity contribution in [3.8, 4) is 11.3 Å². The fourth-order valence-corrected chi connectivity index (χ4v) is 4.22. The molecule has 0 spiro atoms. The molecule has 0 aliphatic heterocycles. The summed E-state index contributed by atoms with van der Waals surface area (Å²) in [6.45, 7) is 2.84. The zero-order chi connectivity index (χ0) is 28.6. The third-order valence-electron chi connectivity index (χ3n) is 6.17. The average molecular weight is 500 g/mol. The molecule has 5 rings (SSSR count). The molecule has 2 N–H and O–H groups in total. The number of nitrogens with zero attached hydrogens (tertiary/aromatic N) is 6. The van der Waals surface area contributed by atoms with Crippen molar-refractivity contribution in [2.75, 3.05) is 31.3 Å². The zero-order valence-electron chi connectivity index (χ0n) is 24.4. The molecule has 3 heterocycles. The summed E-state index contributed by atoms with van der Waals surface area (Å²) in [5.74, 6) is 0.0493. The van der Waals surface area contributed by atoms with Crippen LogP contribution in [0.1, 0.15) is 18.0 Å². The third kappa shape index (κ3) is 5.03. The lowest BCUT2D eigenvalue weighted by Gasteiger charge is -2.15. The van der Waals surface area contributed by atoms with E-state index in [1.54, 1.807) is 30.7 Å². The SMILES string of the molecule is [2H]C([2H])([2H])n1cc(-c2ccnc(Nc3cc(NC(=O)C(C)C)c4c(cnn4CCN(C)C)c3)n2)c2ccccc21. The molecule has 0 bridgehead atoms. The number of benzene rings is 2. The average Bonchev–Trinajstić information content (AvgIpc) is 3.49. The van der Waals surface area contributed by atoms with Gasteiger partial charge < -0.3 is 20.1 Å². The van der Waals surface area contributed by atoms with E-state index in [0.29, 0.717) is 40.6 Å². The second-order valence-electron chi connectivity index (χ2n) is 9.60. The van der Waals surface area contributed by atoms with Crippen molar-refractivity contribution < 1.29 is 8.91 Å². The Hall–Kier alpha value is -4.24. The first-order chi connectivity index (χ1) is 19.0. The summed E-state index contributed by atoms with van der Waals surface area (Å²) in [7, 11) is 4.01. The summed E-state index contributed by atoms with van der Waals surface area (Å²) in [5.41, 5.74) is 4.05. The minimum atomic E-state index is -2.32. The maximum absolute atomic E-state index is 12.7. The van der Waals surface area contributed by atoms with Gasteiger partial charge in [-0.15, -0.1) is 0 Å². The topological polar surface area (TPSA) is 92.9 Å². The van der Waals surface area contributed by atoms with E-state index in [1.165, 1.54) is 4.57 Å². The highest BCUT2D eigenvalue weighted by atomic mass is 16.1. The summed E-state index contributed by atoms with van der Waals surface area (Å²) < 4.78 is 27.0. The first-order valence-electron chi connectivity index (χ1n) is 13.7. The Kier molecular flexibility index (Phi) is 5.66. The minimum Gasteiger partial charge on any atom is -0.350 e. The van der Waals surface area contributed by atoms with Gasteiger partial charge in [0.1, 0.15) is 0 Å². The summed E-state index contributed by atoms with van der Waals surface area (Å²) in [6.07, 6.45) is 5.02. The number of amides is 1. The molecular formula is C28H32N8O. The Bertz CT molecular complexity index is 1690. The summed E-state index contributed by atoms with van der Waals surface area (Å²) in [6, 6.07) is 12.9. The number of aryl methyl sites for hydroxylation is 1. The van der Waals surface area contributed by atoms with Crippen LogP contribution in [-0.4, -0.2) is 55.8 Å². The molecule has 0 fully saturated rings. The first kappa shape index (κ1) is 20.9. The largest absolute Gasteiger partial charge is 0.350 e. The van der Waals surface area contributed by atoms with Gasteiger partial charge in [-0.05, 0) is 38.4 Å². The normalized spacial score (nSPS) is 13.2. The van der Waals surface area contributed by atoms with Crippen molar-refractivity contribution in [1.29, 1.82) is 0 Å². The molecule has 9 nitrogen and oxygen atoms in total. The Labute approximate surface area is 220 Å². The molecule has 190 valence electrons. The first-order valence-corrected chi connectivity index (χ1v) is 12.2. The smallest absolute Gasteiger partial charge is 0.227 e. The minimum absolute atomic E-state index is 0.0947. The second kappa shape index (κ2) is 10.0. The fourth-order valence-electron chi connectivity index (χ4n) is 4.22. The molecule has 37 heavy (non-hydrogen) atoms. The molecule has 0 aliphatic carbocycles. The Morgan fingerprint density at radius 1 is 1.19 bits per heavy atom. The number of fused-ring (bicyclic) bond motifs is 2. The fraction of sp³-hybridized carbons (Fsp3) is 0.286. The van der Waals surface area contributed by atoms with Gasteiger partial charge >= 0.3 is 0 Å². The number of likely N-dealkylation sites (N-methyl/N-ethyl adjacent to an activating group) is 1. The van der Waals surface area contributed by atoms with E-state index >= 15 is 0 Å². The number of hydrogen-bond acceptors (Lipinski definition) is 6. The Morgan fingerprint density at radius 2 is 2.03 bits per heavy atom. The Morgan fingerprint density at radius 3 is 2.81 bits per heavy atom. The van der Waals surface area contributed by atoms with Gasteiger partial charge in [-0.3, -0.25) is 9.48 Å². The molecule has 0 saturated heterocycles. The molecule has 0 atom stereocenters. The van der Waals surface area contributed by atoms with Gasteiger partial charge in [0, 0.05) is 63.5 Å². The van der Waals surface area contributed by atoms with Gasteiger partial charge in [-0.25, -0.2) is 9.97 Å². The predicted molar refractivity (Wildman–Crippen MR) is 149 cm³/mol. The highest BCUT2D eigenvalue weighted by Gasteiger charge is 2.16. The number of carbonyl (C=O) groups is 1. The molecule has 2 aromatic carbocycles. The van der Waals surface area contributed by atoms with Crippen molar-refractivity contribution in [1.82, 2.24) is 29.2 Å². The lowest BCUT2D eigenvalue weighted by molar-refractivity contribution is -0.118. The van der Waals surface area contributed by atoms with Crippen LogP contribution in [-0.2, 0) is 18.3 Å². The van der Waals surface area contributed by atoms with E-state index in [2.05, 4.69) is 25.6 Å².